The van der Waals surface area contributed by atoms with E-state index in [1.54, 1.807) is 41.5 Å². The van der Waals surface area contributed by atoms with Crippen molar-refractivity contribution in [1.29, 1.82) is 0 Å². The second kappa shape index (κ2) is 25.0. The highest BCUT2D eigenvalue weighted by molar-refractivity contribution is 5.86. The third kappa shape index (κ3) is 20.0. The van der Waals surface area contributed by atoms with Crippen molar-refractivity contribution < 1.29 is 38.1 Å². The summed E-state index contributed by atoms with van der Waals surface area (Å²) >= 11 is 0. The maximum Gasteiger partial charge on any atom is 0.408 e. The van der Waals surface area contributed by atoms with Crippen LogP contribution in [-0.2, 0) is 45.1 Å². The van der Waals surface area contributed by atoms with E-state index < -0.39 is 35.5 Å². The summed E-state index contributed by atoms with van der Waals surface area (Å²) in [5.74, 6) is 0.869. The monoisotopic (exact) mass is 850 g/mol. The number of rotatable bonds is 23. The Labute approximate surface area is 367 Å². The highest BCUT2D eigenvalue weighted by atomic mass is 16.6. The Kier molecular flexibility index (Phi) is 19.6. The first-order chi connectivity index (χ1) is 29.6. The number of nitrogens with one attached hydrogen (secondary N) is 4. The second-order valence-corrected chi connectivity index (χ2v) is 17.3. The first-order valence-electron chi connectivity index (χ1n) is 21.7. The van der Waals surface area contributed by atoms with Crippen LogP contribution in [0.5, 0.6) is 11.5 Å². The normalized spacial score (nSPS) is 12.3. The molecule has 0 saturated carbocycles. The molecule has 0 bridgehead atoms. The van der Waals surface area contributed by atoms with E-state index in [1.165, 1.54) is 0 Å². The lowest BCUT2D eigenvalue weighted by Crippen LogP contribution is -2.49. The van der Waals surface area contributed by atoms with Crippen molar-refractivity contribution in [2.45, 2.75) is 129 Å². The van der Waals surface area contributed by atoms with E-state index in [2.05, 4.69) is 21.3 Å². The topological polar surface area (TPSA) is 153 Å². The third-order valence-corrected chi connectivity index (χ3v) is 9.44. The number of hydrogen-bond donors (Lipinski definition) is 4. The molecule has 0 aliphatic heterocycles. The van der Waals surface area contributed by atoms with Crippen LogP contribution < -0.4 is 30.7 Å². The molecule has 0 aliphatic rings. The highest BCUT2D eigenvalue weighted by Crippen LogP contribution is 2.18. The average Bonchev–Trinajstić information content (AvgIpc) is 3.22. The van der Waals surface area contributed by atoms with Crippen molar-refractivity contribution in [2.75, 3.05) is 13.1 Å². The number of hydrogen-bond acceptors (Lipinski definition) is 8. The van der Waals surface area contributed by atoms with Crippen molar-refractivity contribution in [2.24, 2.45) is 0 Å². The minimum absolute atomic E-state index is 0.277. The van der Waals surface area contributed by atoms with Gasteiger partial charge in [-0.3, -0.25) is 9.59 Å². The number of amides is 4. The molecule has 0 heterocycles. The van der Waals surface area contributed by atoms with Crippen molar-refractivity contribution in [1.82, 2.24) is 21.3 Å². The van der Waals surface area contributed by atoms with E-state index in [-0.39, 0.29) is 24.7 Å². The second-order valence-electron chi connectivity index (χ2n) is 17.3. The molecule has 4 aromatic rings. The van der Waals surface area contributed by atoms with Crippen LogP contribution in [-0.4, -0.2) is 60.4 Å². The van der Waals surface area contributed by atoms with Gasteiger partial charge in [-0.2, -0.15) is 0 Å². The zero-order valence-electron chi connectivity index (χ0n) is 37.3. The molecule has 4 aromatic carbocycles. The third-order valence-electron chi connectivity index (χ3n) is 9.44. The van der Waals surface area contributed by atoms with Gasteiger partial charge in [0.2, 0.25) is 11.8 Å². The Balaban J connectivity index is 1.16. The number of carbonyl (C=O) groups excluding carboxylic acids is 4. The van der Waals surface area contributed by atoms with Crippen molar-refractivity contribution in [3.05, 3.63) is 131 Å². The van der Waals surface area contributed by atoms with Crippen LogP contribution in [0.1, 0.15) is 102 Å². The van der Waals surface area contributed by atoms with Crippen LogP contribution in [0.15, 0.2) is 109 Å². The number of alkyl carbamates (subject to hydrolysis) is 2. The van der Waals surface area contributed by atoms with Gasteiger partial charge in [0.25, 0.3) is 0 Å². The minimum atomic E-state index is -0.819. The molecule has 12 nitrogen and oxygen atoms in total. The Bertz CT molecular complexity index is 1800. The van der Waals surface area contributed by atoms with Crippen molar-refractivity contribution in [3.8, 4) is 11.5 Å². The lowest BCUT2D eigenvalue weighted by Gasteiger charge is -2.23. The van der Waals surface area contributed by atoms with Crippen LogP contribution >= 0.6 is 0 Å². The molecule has 0 spiro atoms. The Morgan fingerprint density at radius 1 is 0.452 bits per heavy atom. The average molecular weight is 851 g/mol. The van der Waals surface area contributed by atoms with Crippen LogP contribution in [0.4, 0.5) is 9.59 Å². The van der Waals surface area contributed by atoms with E-state index in [4.69, 9.17) is 18.9 Å². The fourth-order valence-corrected chi connectivity index (χ4v) is 6.34. The van der Waals surface area contributed by atoms with Gasteiger partial charge in [-0.1, -0.05) is 111 Å². The molecule has 4 N–H and O–H groups in total. The zero-order chi connectivity index (χ0) is 44.8. The van der Waals surface area contributed by atoms with Gasteiger partial charge in [0.1, 0.15) is 48.0 Å². The largest absolute Gasteiger partial charge is 0.489 e. The van der Waals surface area contributed by atoms with Crippen LogP contribution in [0.3, 0.4) is 0 Å². The van der Waals surface area contributed by atoms with Gasteiger partial charge in [0.05, 0.1) is 0 Å². The summed E-state index contributed by atoms with van der Waals surface area (Å²) in [5, 5.41) is 11.5. The van der Waals surface area contributed by atoms with Gasteiger partial charge in [0, 0.05) is 25.9 Å². The first-order valence-corrected chi connectivity index (χ1v) is 21.7. The molecular formula is C50H66N4O8. The molecule has 0 unspecified atom stereocenters. The van der Waals surface area contributed by atoms with Crippen molar-refractivity contribution >= 4 is 24.0 Å². The molecule has 0 fully saturated rings. The molecule has 62 heavy (non-hydrogen) atoms. The summed E-state index contributed by atoms with van der Waals surface area (Å²) in [7, 11) is 0. The molecule has 2 atom stereocenters. The summed E-state index contributed by atoms with van der Waals surface area (Å²) in [6.45, 7) is 12.5. The molecule has 4 rings (SSSR count). The van der Waals surface area contributed by atoms with Crippen molar-refractivity contribution in [3.63, 3.8) is 0 Å². The summed E-state index contributed by atoms with van der Waals surface area (Å²) in [4.78, 5) is 52.0. The number of ether oxygens (including phenoxy) is 4. The fourth-order valence-electron chi connectivity index (χ4n) is 6.34. The van der Waals surface area contributed by atoms with E-state index >= 15 is 0 Å². The van der Waals surface area contributed by atoms with Crippen LogP contribution in [0, 0.1) is 0 Å². The van der Waals surface area contributed by atoms with E-state index in [0.717, 1.165) is 60.8 Å². The molecule has 0 radical (unpaired) electrons. The predicted molar refractivity (Wildman–Crippen MR) is 242 cm³/mol. The van der Waals surface area contributed by atoms with Gasteiger partial charge < -0.3 is 40.2 Å². The van der Waals surface area contributed by atoms with Gasteiger partial charge in [-0.05, 0) is 101 Å². The van der Waals surface area contributed by atoms with E-state index in [9.17, 15) is 19.2 Å². The van der Waals surface area contributed by atoms with Crippen LogP contribution in [0.2, 0.25) is 0 Å². The van der Waals surface area contributed by atoms with E-state index in [1.807, 2.05) is 109 Å². The molecular weight excluding hydrogens is 785 g/mol. The molecule has 4 amide bonds. The Morgan fingerprint density at radius 2 is 0.790 bits per heavy atom. The summed E-state index contributed by atoms with van der Waals surface area (Å²) in [6.07, 6.45) is 4.61. The summed E-state index contributed by atoms with van der Waals surface area (Å²) in [6, 6.07) is 33.2. The lowest BCUT2D eigenvalue weighted by atomic mass is 10.0. The SMILES string of the molecule is CC(C)(C)OC(=O)N[C@@H](Cc1ccc(OCc2ccccc2)cc1)C(=O)NCCCCCCCCNC(=O)[C@H](Cc1ccc(OCc2ccccc2)cc1)NC(=O)OC(C)(C)C. The fraction of sp³-hybridized carbons (Fsp3) is 0.440. The predicted octanol–water partition coefficient (Wildman–Crippen LogP) is 8.99. The zero-order valence-corrected chi connectivity index (χ0v) is 37.3. The van der Waals surface area contributed by atoms with Crippen LogP contribution in [0.25, 0.3) is 0 Å². The Morgan fingerprint density at radius 3 is 1.13 bits per heavy atom. The highest BCUT2D eigenvalue weighted by Gasteiger charge is 2.26. The smallest absolute Gasteiger partial charge is 0.408 e. The number of benzene rings is 4. The molecule has 12 heteroatoms. The first kappa shape index (κ1) is 48.6. The molecule has 0 aliphatic carbocycles. The quantitative estimate of drug-likeness (QED) is 0.0540. The lowest BCUT2D eigenvalue weighted by molar-refractivity contribution is -0.123. The van der Waals surface area contributed by atoms with Gasteiger partial charge in [-0.25, -0.2) is 9.59 Å². The maximum atomic E-state index is 13.3. The standard InChI is InChI=1S/C50H66N4O8/c1-49(2,3)61-47(57)53-43(33-37-23-27-41(28-24-37)59-35-39-19-13-11-14-20-39)45(55)51-31-17-9-7-8-10-18-32-52-46(56)44(54-48(58)62-50(4,5)6)34-38-25-29-42(30-26-38)60-36-40-21-15-12-16-22-40/h11-16,19-30,43-44H,7-10,17-18,31-36H2,1-6H3,(H,51,55)(H,52,56)(H,53,57)(H,54,58)/t43-,44-/m0/s1. The van der Waals surface area contributed by atoms with Gasteiger partial charge in [-0.15, -0.1) is 0 Å². The minimum Gasteiger partial charge on any atom is -0.489 e. The van der Waals surface area contributed by atoms with E-state index in [0.29, 0.717) is 37.8 Å². The Hall–Kier alpha value is -6.04. The summed E-state index contributed by atoms with van der Waals surface area (Å²) < 4.78 is 22.7. The molecule has 334 valence electrons. The summed E-state index contributed by atoms with van der Waals surface area (Å²) in [5.41, 5.74) is 2.46. The number of carbonyl (C=O) groups is 4. The number of unbranched alkanes of at least 4 members (excludes halogenated alkanes) is 5. The van der Waals surface area contributed by atoms with Gasteiger partial charge >= 0.3 is 12.2 Å². The van der Waals surface area contributed by atoms with Gasteiger partial charge in [0.15, 0.2) is 0 Å². The molecule has 0 saturated heterocycles. The molecule has 0 aromatic heterocycles. The maximum absolute atomic E-state index is 13.3.